The number of ether oxygens (including phenoxy) is 1. The zero-order valence-electron chi connectivity index (χ0n) is 16.1. The number of fused-ring (bicyclic) bond motifs is 1. The lowest BCUT2D eigenvalue weighted by atomic mass is 9.98. The molecule has 0 aliphatic heterocycles. The van der Waals surface area contributed by atoms with Crippen LogP contribution in [0.15, 0.2) is 72.8 Å². The van der Waals surface area contributed by atoms with E-state index in [1.165, 1.54) is 0 Å². The van der Waals surface area contributed by atoms with E-state index < -0.39 is 5.97 Å². The number of carbonyl (C=O) groups is 2. The monoisotopic (exact) mass is 390 g/mol. The predicted molar refractivity (Wildman–Crippen MR) is 114 cm³/mol. The van der Waals surface area contributed by atoms with Crippen LogP contribution in [0.2, 0.25) is 0 Å². The van der Waals surface area contributed by atoms with Crippen LogP contribution in [0.25, 0.3) is 21.9 Å². The fourth-order valence-electron chi connectivity index (χ4n) is 2.89. The van der Waals surface area contributed by atoms with Crippen LogP contribution in [-0.2, 0) is 9.53 Å². The number of aromatic hydroxyl groups is 1. The number of benzene rings is 3. The van der Waals surface area contributed by atoms with Gasteiger partial charge >= 0.3 is 12.0 Å². The molecule has 3 aromatic carbocycles. The highest BCUT2D eigenvalue weighted by atomic mass is 16.5. The summed E-state index contributed by atoms with van der Waals surface area (Å²) >= 11 is 0. The molecule has 6 nitrogen and oxygen atoms in total. The van der Waals surface area contributed by atoms with Gasteiger partial charge in [0.05, 0.1) is 6.54 Å². The second-order valence-electron chi connectivity index (χ2n) is 6.55. The number of hydrogen-bond donors (Lipinski definition) is 3. The first-order valence-corrected chi connectivity index (χ1v) is 9.14. The Bertz CT molecular complexity index is 1060. The van der Waals surface area contributed by atoms with Gasteiger partial charge in [-0.2, -0.15) is 0 Å². The Morgan fingerprint density at radius 2 is 1.69 bits per heavy atom. The highest BCUT2D eigenvalue weighted by Crippen LogP contribution is 2.33. The number of hydrogen-bond acceptors (Lipinski definition) is 4. The number of urea groups is 1. The summed E-state index contributed by atoms with van der Waals surface area (Å²) in [6.07, 6.45) is 0. The van der Waals surface area contributed by atoms with Crippen molar-refractivity contribution in [2.75, 3.05) is 18.5 Å². The Labute approximate surface area is 168 Å². The number of phenolic OH excluding ortho intramolecular Hbond substituents is 1. The van der Waals surface area contributed by atoms with Crippen molar-refractivity contribution in [1.29, 1.82) is 0 Å². The molecule has 0 bridgehead atoms. The molecule has 0 unspecified atom stereocenters. The van der Waals surface area contributed by atoms with E-state index in [2.05, 4.69) is 17.2 Å². The molecule has 3 rings (SSSR count). The van der Waals surface area contributed by atoms with Crippen molar-refractivity contribution in [3.05, 3.63) is 72.8 Å². The van der Waals surface area contributed by atoms with E-state index in [1.807, 2.05) is 42.5 Å². The lowest BCUT2D eigenvalue weighted by molar-refractivity contribution is -0.138. The second kappa shape index (κ2) is 8.93. The van der Waals surface area contributed by atoms with Gasteiger partial charge in [0, 0.05) is 16.6 Å². The largest absolute Gasteiger partial charge is 0.507 e. The number of phenols is 1. The maximum atomic E-state index is 12.0. The zero-order chi connectivity index (χ0) is 20.8. The first kappa shape index (κ1) is 19.9. The first-order valence-electron chi connectivity index (χ1n) is 9.14. The zero-order valence-corrected chi connectivity index (χ0v) is 16.1. The summed E-state index contributed by atoms with van der Waals surface area (Å²) in [5, 5.41) is 17.1. The Kier molecular flexibility index (Phi) is 6.14. The molecular weight excluding hydrogens is 368 g/mol. The number of nitrogens with one attached hydrogen (secondary N) is 2. The van der Waals surface area contributed by atoms with Crippen LogP contribution in [-0.4, -0.2) is 30.3 Å². The summed E-state index contributed by atoms with van der Waals surface area (Å²) in [6, 6.07) is 18.2. The van der Waals surface area contributed by atoms with Gasteiger partial charge in [-0.25, -0.2) is 9.59 Å². The van der Waals surface area contributed by atoms with Crippen molar-refractivity contribution in [1.82, 2.24) is 5.32 Å². The summed E-state index contributed by atoms with van der Waals surface area (Å²) in [6.45, 7) is 5.32. The molecule has 0 radical (unpaired) electrons. The average Bonchev–Trinajstić information content (AvgIpc) is 2.71. The van der Waals surface area contributed by atoms with Crippen molar-refractivity contribution in [3.63, 3.8) is 0 Å². The molecule has 0 aliphatic rings. The summed E-state index contributed by atoms with van der Waals surface area (Å²) < 4.78 is 4.91. The van der Waals surface area contributed by atoms with Crippen LogP contribution in [0.1, 0.15) is 6.92 Å². The van der Waals surface area contributed by atoms with E-state index in [1.54, 1.807) is 25.1 Å². The van der Waals surface area contributed by atoms with Gasteiger partial charge in [0.25, 0.3) is 0 Å². The highest BCUT2D eigenvalue weighted by Gasteiger charge is 2.08. The van der Waals surface area contributed by atoms with Crippen LogP contribution in [0.5, 0.6) is 5.75 Å². The molecule has 0 aromatic heterocycles. The highest BCUT2D eigenvalue weighted by molar-refractivity contribution is 6.00. The van der Waals surface area contributed by atoms with E-state index in [0.717, 1.165) is 21.9 Å². The van der Waals surface area contributed by atoms with Crippen LogP contribution >= 0.6 is 0 Å². The van der Waals surface area contributed by atoms with Crippen LogP contribution in [0.4, 0.5) is 10.5 Å². The molecule has 29 heavy (non-hydrogen) atoms. The van der Waals surface area contributed by atoms with Gasteiger partial charge in [-0.1, -0.05) is 49.0 Å². The van der Waals surface area contributed by atoms with Crippen molar-refractivity contribution in [2.24, 2.45) is 0 Å². The second-order valence-corrected chi connectivity index (χ2v) is 6.55. The minimum atomic E-state index is -0.482. The molecule has 2 amide bonds. The molecule has 0 saturated heterocycles. The number of esters is 1. The van der Waals surface area contributed by atoms with Gasteiger partial charge in [0.2, 0.25) is 0 Å². The van der Waals surface area contributed by atoms with E-state index in [4.69, 9.17) is 4.74 Å². The van der Waals surface area contributed by atoms with Crippen molar-refractivity contribution in [3.8, 4) is 16.9 Å². The molecular formula is C23H22N2O4. The predicted octanol–water partition coefficient (Wildman–Crippen LogP) is 4.45. The van der Waals surface area contributed by atoms with Crippen molar-refractivity contribution in [2.45, 2.75) is 6.92 Å². The van der Waals surface area contributed by atoms with Crippen molar-refractivity contribution < 1.29 is 19.4 Å². The van der Waals surface area contributed by atoms with E-state index in [0.29, 0.717) is 11.3 Å². The maximum absolute atomic E-state index is 12.0. The lowest BCUT2D eigenvalue weighted by Gasteiger charge is -2.10. The van der Waals surface area contributed by atoms with E-state index >= 15 is 0 Å². The number of anilines is 1. The van der Waals surface area contributed by atoms with Gasteiger partial charge in [0.1, 0.15) is 12.4 Å². The summed E-state index contributed by atoms with van der Waals surface area (Å²) in [4.78, 5) is 23.2. The maximum Gasteiger partial charge on any atom is 0.333 e. The third kappa shape index (κ3) is 4.93. The number of amides is 2. The summed E-state index contributed by atoms with van der Waals surface area (Å²) in [5.74, 6) is -0.238. The molecule has 6 heteroatoms. The Balaban J connectivity index is 1.61. The van der Waals surface area contributed by atoms with Gasteiger partial charge in [0.15, 0.2) is 0 Å². The van der Waals surface area contributed by atoms with E-state index in [9.17, 15) is 14.7 Å². The standard InChI is InChI=1S/C23H22N2O4/c1-15(2)22(27)29-14-13-24-23(28)25-17-11-9-16(10-12-17)18-5-3-7-20-19(18)6-4-8-21(20)26/h3-12,26H,1,13-14H2,2H3,(H2,24,25,28). The Morgan fingerprint density at radius 3 is 2.41 bits per heavy atom. The van der Waals surface area contributed by atoms with Crippen molar-refractivity contribution >= 4 is 28.5 Å². The minimum Gasteiger partial charge on any atom is -0.507 e. The SMILES string of the molecule is C=C(C)C(=O)OCCNC(=O)Nc1ccc(-c2cccc3c(O)cccc23)cc1. The molecule has 3 aromatic rings. The molecule has 0 heterocycles. The van der Waals surface area contributed by atoms with Crippen LogP contribution < -0.4 is 10.6 Å². The summed E-state index contributed by atoms with van der Waals surface area (Å²) in [5.41, 5.74) is 2.91. The van der Waals surface area contributed by atoms with Crippen LogP contribution in [0.3, 0.4) is 0 Å². The minimum absolute atomic E-state index is 0.0754. The molecule has 0 atom stereocenters. The van der Waals surface area contributed by atoms with Gasteiger partial charge in [-0.05, 0) is 41.6 Å². The lowest BCUT2D eigenvalue weighted by Crippen LogP contribution is -2.32. The number of carbonyl (C=O) groups excluding carboxylic acids is 2. The third-order valence-corrected chi connectivity index (χ3v) is 4.32. The molecule has 0 spiro atoms. The normalized spacial score (nSPS) is 10.4. The van der Waals surface area contributed by atoms with Gasteiger partial charge in [-0.3, -0.25) is 0 Å². The fourth-order valence-corrected chi connectivity index (χ4v) is 2.89. The topological polar surface area (TPSA) is 87.7 Å². The third-order valence-electron chi connectivity index (χ3n) is 4.32. The molecule has 3 N–H and O–H groups in total. The molecule has 148 valence electrons. The Hall–Kier alpha value is -3.80. The molecule has 0 aliphatic carbocycles. The Morgan fingerprint density at radius 1 is 1.00 bits per heavy atom. The van der Waals surface area contributed by atoms with E-state index in [-0.39, 0.29) is 24.9 Å². The first-order chi connectivity index (χ1) is 14.0. The smallest absolute Gasteiger partial charge is 0.333 e. The van der Waals surface area contributed by atoms with Gasteiger partial charge in [-0.15, -0.1) is 0 Å². The molecule has 0 saturated carbocycles. The number of rotatable bonds is 6. The summed E-state index contributed by atoms with van der Waals surface area (Å²) in [7, 11) is 0. The average molecular weight is 390 g/mol. The fraction of sp³-hybridized carbons (Fsp3) is 0.130. The van der Waals surface area contributed by atoms with Gasteiger partial charge < -0.3 is 20.5 Å². The quantitative estimate of drug-likeness (QED) is 0.330. The van der Waals surface area contributed by atoms with Crippen LogP contribution in [0, 0.1) is 0 Å². The molecule has 0 fully saturated rings.